The second-order valence-corrected chi connectivity index (χ2v) is 9.29. The number of ether oxygens (including phenoxy) is 1. The number of hydrogen-bond acceptors (Lipinski definition) is 4. The fourth-order valence-electron chi connectivity index (χ4n) is 5.02. The molecule has 2 amide bonds. The van der Waals surface area contributed by atoms with E-state index >= 15 is 0 Å². The second kappa shape index (κ2) is 9.76. The van der Waals surface area contributed by atoms with Gasteiger partial charge < -0.3 is 15.0 Å². The van der Waals surface area contributed by atoms with E-state index in [1.54, 1.807) is 12.0 Å². The van der Waals surface area contributed by atoms with E-state index in [-0.39, 0.29) is 17.4 Å². The number of aromatic nitrogens is 2. The number of methoxy groups -OCH3 is 1. The summed E-state index contributed by atoms with van der Waals surface area (Å²) in [4.78, 5) is 26.8. The molecule has 1 fully saturated rings. The van der Waals surface area contributed by atoms with Crippen LogP contribution in [0.15, 0.2) is 24.3 Å². The average molecular weight is 439 g/mol. The van der Waals surface area contributed by atoms with E-state index in [0.717, 1.165) is 36.3 Å². The lowest BCUT2D eigenvalue weighted by atomic mass is 9.85. The molecule has 1 aromatic carbocycles. The average Bonchev–Trinajstić information content (AvgIpc) is 3.26. The van der Waals surface area contributed by atoms with Crippen LogP contribution in [0.3, 0.4) is 0 Å². The van der Waals surface area contributed by atoms with E-state index in [1.807, 2.05) is 31.3 Å². The predicted molar refractivity (Wildman–Crippen MR) is 122 cm³/mol. The number of nitrogens with zero attached hydrogens (tertiary/aromatic N) is 2. The molecule has 2 N–H and O–H groups in total. The van der Waals surface area contributed by atoms with Crippen molar-refractivity contribution in [2.75, 3.05) is 14.2 Å². The molecule has 0 radical (unpaired) electrons. The number of rotatable bonds is 8. The lowest BCUT2D eigenvalue weighted by Gasteiger charge is -2.30. The molecule has 1 aromatic heterocycles. The van der Waals surface area contributed by atoms with Gasteiger partial charge in [-0.15, -0.1) is 0 Å². The third-order valence-electron chi connectivity index (χ3n) is 6.96. The smallest absolute Gasteiger partial charge is 0.222 e. The van der Waals surface area contributed by atoms with Gasteiger partial charge in [0.05, 0.1) is 19.3 Å². The zero-order chi connectivity index (χ0) is 22.6. The summed E-state index contributed by atoms with van der Waals surface area (Å²) in [6.45, 7) is 0.530. The van der Waals surface area contributed by atoms with Crippen molar-refractivity contribution in [3.8, 4) is 5.75 Å². The summed E-state index contributed by atoms with van der Waals surface area (Å²) in [6, 6.07) is 7.93. The van der Waals surface area contributed by atoms with E-state index in [9.17, 15) is 9.59 Å². The van der Waals surface area contributed by atoms with Gasteiger partial charge in [0.1, 0.15) is 5.75 Å². The topological polar surface area (TPSA) is 87.3 Å². The maximum absolute atomic E-state index is 13.0. The first-order valence-electron chi connectivity index (χ1n) is 11.7. The first-order chi connectivity index (χ1) is 15.5. The number of carbonyl (C=O) groups excluding carboxylic acids is 2. The Morgan fingerprint density at radius 2 is 1.94 bits per heavy atom. The zero-order valence-electron chi connectivity index (χ0n) is 19.2. The molecule has 7 heteroatoms. The molecule has 1 aliphatic carbocycles. The number of aryl methyl sites for hydroxylation is 1. The largest absolute Gasteiger partial charge is 0.497 e. The third-order valence-corrected chi connectivity index (χ3v) is 6.96. The molecule has 32 heavy (non-hydrogen) atoms. The Kier molecular flexibility index (Phi) is 6.82. The molecule has 0 spiro atoms. The van der Waals surface area contributed by atoms with E-state index in [0.29, 0.717) is 32.2 Å². The standard InChI is InChI=1S/C25H34N4O3/c1-29(17-22-20-6-4-3-5-7-21(20)27-28-22)24(31)13-15-25(14-12-23(30)26-25)16-18-8-10-19(32-2)11-9-18/h8-11H,3-7,12-17H2,1-2H3,(H,26,30)(H,27,28)/t25-/m0/s1. The lowest BCUT2D eigenvalue weighted by molar-refractivity contribution is -0.131. The van der Waals surface area contributed by atoms with Crippen molar-refractivity contribution >= 4 is 11.8 Å². The molecule has 7 nitrogen and oxygen atoms in total. The van der Waals surface area contributed by atoms with Crippen LogP contribution >= 0.6 is 0 Å². The fraction of sp³-hybridized carbons (Fsp3) is 0.560. The minimum atomic E-state index is -0.369. The fourth-order valence-corrected chi connectivity index (χ4v) is 5.02. The third kappa shape index (κ3) is 5.14. The molecule has 0 saturated carbocycles. The number of nitrogens with one attached hydrogen (secondary N) is 2. The van der Waals surface area contributed by atoms with Crippen molar-refractivity contribution < 1.29 is 14.3 Å². The quantitative estimate of drug-likeness (QED) is 0.619. The van der Waals surface area contributed by atoms with Crippen LogP contribution in [0.4, 0.5) is 0 Å². The highest BCUT2D eigenvalue weighted by atomic mass is 16.5. The summed E-state index contributed by atoms with van der Waals surface area (Å²) in [7, 11) is 3.50. The van der Waals surface area contributed by atoms with E-state index in [4.69, 9.17) is 4.74 Å². The Balaban J connectivity index is 1.38. The van der Waals surface area contributed by atoms with E-state index in [2.05, 4.69) is 15.5 Å². The second-order valence-electron chi connectivity index (χ2n) is 9.29. The molecule has 172 valence electrons. The molecular formula is C25H34N4O3. The van der Waals surface area contributed by atoms with Crippen LogP contribution in [0.5, 0.6) is 5.75 Å². The Morgan fingerprint density at radius 3 is 2.66 bits per heavy atom. The molecule has 2 heterocycles. The van der Waals surface area contributed by atoms with Gasteiger partial charge in [0.15, 0.2) is 0 Å². The Labute approximate surface area is 189 Å². The molecule has 1 saturated heterocycles. The molecule has 0 bridgehead atoms. The van der Waals surface area contributed by atoms with Crippen LogP contribution in [0.2, 0.25) is 0 Å². The van der Waals surface area contributed by atoms with Gasteiger partial charge in [-0.1, -0.05) is 18.6 Å². The summed E-state index contributed by atoms with van der Waals surface area (Å²) in [5.41, 5.74) is 4.31. The lowest BCUT2D eigenvalue weighted by Crippen LogP contribution is -2.44. The Hall–Kier alpha value is -2.83. The first-order valence-corrected chi connectivity index (χ1v) is 11.7. The van der Waals surface area contributed by atoms with Gasteiger partial charge in [0.25, 0.3) is 0 Å². The Morgan fingerprint density at radius 1 is 1.16 bits per heavy atom. The van der Waals surface area contributed by atoms with Crippen LogP contribution in [-0.2, 0) is 35.4 Å². The molecule has 2 aromatic rings. The number of H-pyrrole nitrogens is 1. The van der Waals surface area contributed by atoms with Crippen LogP contribution in [-0.4, -0.2) is 46.6 Å². The summed E-state index contributed by atoms with van der Waals surface area (Å²) in [5.74, 6) is 0.968. The number of aromatic amines is 1. The van der Waals surface area contributed by atoms with Gasteiger partial charge in [-0.25, -0.2) is 0 Å². The maximum Gasteiger partial charge on any atom is 0.222 e. The number of hydrogen-bond donors (Lipinski definition) is 2. The number of amides is 2. The van der Waals surface area contributed by atoms with Gasteiger partial charge in [0.2, 0.25) is 11.8 Å². The zero-order valence-corrected chi connectivity index (χ0v) is 19.2. The highest BCUT2D eigenvalue weighted by Gasteiger charge is 2.38. The first kappa shape index (κ1) is 22.4. The van der Waals surface area contributed by atoms with Gasteiger partial charge >= 0.3 is 0 Å². The van der Waals surface area contributed by atoms with E-state index < -0.39 is 0 Å². The predicted octanol–water partition coefficient (Wildman–Crippen LogP) is 3.32. The normalized spacial score (nSPS) is 20.4. The van der Waals surface area contributed by atoms with Crippen LogP contribution < -0.4 is 10.1 Å². The van der Waals surface area contributed by atoms with Crippen molar-refractivity contribution in [2.24, 2.45) is 0 Å². The van der Waals surface area contributed by atoms with Gasteiger partial charge in [-0.05, 0) is 68.2 Å². The van der Waals surface area contributed by atoms with E-state index in [1.165, 1.54) is 30.5 Å². The summed E-state index contributed by atoms with van der Waals surface area (Å²) in [6.07, 6.45) is 8.74. The van der Waals surface area contributed by atoms with Crippen molar-refractivity contribution in [3.63, 3.8) is 0 Å². The summed E-state index contributed by atoms with van der Waals surface area (Å²) in [5, 5.41) is 10.9. The van der Waals surface area contributed by atoms with Crippen molar-refractivity contribution in [1.29, 1.82) is 0 Å². The van der Waals surface area contributed by atoms with Crippen molar-refractivity contribution in [2.45, 2.75) is 76.3 Å². The number of fused-ring (bicyclic) bond motifs is 1. The monoisotopic (exact) mass is 438 g/mol. The minimum absolute atomic E-state index is 0.0681. The molecule has 2 aliphatic rings. The van der Waals surface area contributed by atoms with Crippen LogP contribution in [0.25, 0.3) is 0 Å². The maximum atomic E-state index is 13.0. The molecule has 0 unspecified atom stereocenters. The van der Waals surface area contributed by atoms with Gasteiger partial charge in [-0.2, -0.15) is 5.10 Å². The van der Waals surface area contributed by atoms with Crippen molar-refractivity contribution in [3.05, 3.63) is 46.8 Å². The van der Waals surface area contributed by atoms with Gasteiger partial charge in [-0.3, -0.25) is 14.7 Å². The Bertz CT molecular complexity index is 953. The highest BCUT2D eigenvalue weighted by Crippen LogP contribution is 2.30. The summed E-state index contributed by atoms with van der Waals surface area (Å²) >= 11 is 0. The van der Waals surface area contributed by atoms with Crippen LogP contribution in [0.1, 0.15) is 67.5 Å². The molecule has 4 rings (SSSR count). The minimum Gasteiger partial charge on any atom is -0.497 e. The molecule has 1 aliphatic heterocycles. The summed E-state index contributed by atoms with van der Waals surface area (Å²) < 4.78 is 5.24. The number of benzene rings is 1. The van der Waals surface area contributed by atoms with Crippen LogP contribution in [0, 0.1) is 0 Å². The number of carbonyl (C=O) groups is 2. The SMILES string of the molecule is COc1ccc(C[C@@]2(CCC(=O)N(C)Cc3n[nH]c4c3CCCCC4)CCC(=O)N2)cc1. The van der Waals surface area contributed by atoms with Crippen molar-refractivity contribution in [1.82, 2.24) is 20.4 Å². The molecule has 1 atom stereocenters. The highest BCUT2D eigenvalue weighted by molar-refractivity contribution is 5.80. The van der Waals surface area contributed by atoms with Gasteiger partial charge in [0, 0.05) is 31.1 Å². The molecular weight excluding hydrogens is 404 g/mol.